The first-order chi connectivity index (χ1) is 13.1. The number of hydrogen-bond acceptors (Lipinski definition) is 4. The number of amides is 2. The summed E-state index contributed by atoms with van der Waals surface area (Å²) in [5, 5.41) is 7.43. The quantitative estimate of drug-likeness (QED) is 0.838. The number of aromatic nitrogens is 2. The van der Waals surface area contributed by atoms with Crippen LogP contribution < -0.4 is 5.32 Å². The maximum atomic E-state index is 12.5. The lowest BCUT2D eigenvalue weighted by Gasteiger charge is -2.25. The number of hydrogen-bond donors (Lipinski definition) is 1. The lowest BCUT2D eigenvalue weighted by Crippen LogP contribution is -2.44. The van der Waals surface area contributed by atoms with Crippen molar-refractivity contribution in [2.24, 2.45) is 5.92 Å². The second-order valence-electron chi connectivity index (χ2n) is 7.26. The minimum absolute atomic E-state index is 0.0142. The van der Waals surface area contributed by atoms with Gasteiger partial charge in [-0.05, 0) is 38.2 Å². The van der Waals surface area contributed by atoms with Gasteiger partial charge in [-0.3, -0.25) is 0 Å². The van der Waals surface area contributed by atoms with Gasteiger partial charge in [-0.1, -0.05) is 18.2 Å². The van der Waals surface area contributed by atoms with Crippen LogP contribution in [0.1, 0.15) is 5.56 Å². The van der Waals surface area contributed by atoms with E-state index >= 15 is 0 Å². The van der Waals surface area contributed by atoms with E-state index in [2.05, 4.69) is 15.3 Å². The van der Waals surface area contributed by atoms with Crippen LogP contribution in [0.5, 0.6) is 0 Å². The zero-order valence-electron chi connectivity index (χ0n) is 16.2. The van der Waals surface area contributed by atoms with Crippen LogP contribution in [0.4, 0.5) is 4.79 Å². The molecule has 0 aliphatic carbocycles. The minimum Gasteiger partial charge on any atom is -0.379 e. The van der Waals surface area contributed by atoms with E-state index in [0.717, 1.165) is 30.8 Å². The highest BCUT2D eigenvalue weighted by Gasteiger charge is 2.22. The molecule has 0 unspecified atom stereocenters. The molecule has 0 spiro atoms. The molecular formula is C20H29N5O2. The average Bonchev–Trinajstić information content (AvgIpc) is 3.01. The average molecular weight is 371 g/mol. The number of carbonyl (C=O) groups is 1. The molecule has 1 saturated heterocycles. The fourth-order valence-corrected chi connectivity index (χ4v) is 3.33. The van der Waals surface area contributed by atoms with Crippen molar-refractivity contribution in [3.8, 4) is 5.69 Å². The van der Waals surface area contributed by atoms with Gasteiger partial charge in [0, 0.05) is 38.3 Å². The molecular weight excluding hydrogens is 342 g/mol. The molecule has 27 heavy (non-hydrogen) atoms. The molecule has 0 radical (unpaired) electrons. The first kappa shape index (κ1) is 19.4. The molecule has 2 aromatic rings. The number of para-hydroxylation sites is 1. The Hall–Kier alpha value is -2.38. The van der Waals surface area contributed by atoms with E-state index in [0.29, 0.717) is 32.2 Å². The molecule has 7 heteroatoms. The molecule has 1 aliphatic heterocycles. The topological polar surface area (TPSA) is 62.6 Å². The Morgan fingerprint density at radius 2 is 2.15 bits per heavy atom. The Kier molecular flexibility index (Phi) is 6.84. The summed E-state index contributed by atoms with van der Waals surface area (Å²) in [5.41, 5.74) is 2.13. The standard InChI is InChI=1S/C20H29N5O2/c1-23(2)13-18-14-24(10-11-27-16-18)20(26)21-9-8-17-12-22-25(15-17)19-6-4-3-5-7-19/h3-7,12,15,18H,8-11,13-14,16H2,1-2H3,(H,21,26)/t18-/m1/s1. The molecule has 0 bridgehead atoms. The number of urea groups is 1. The second-order valence-corrected chi connectivity index (χ2v) is 7.26. The highest BCUT2D eigenvalue weighted by Crippen LogP contribution is 2.09. The van der Waals surface area contributed by atoms with Gasteiger partial charge in [0.1, 0.15) is 0 Å². The molecule has 1 atom stereocenters. The molecule has 1 N–H and O–H groups in total. The smallest absolute Gasteiger partial charge is 0.317 e. The molecule has 1 aromatic heterocycles. The van der Waals surface area contributed by atoms with Gasteiger partial charge in [0.05, 0.1) is 25.1 Å². The van der Waals surface area contributed by atoms with Crippen LogP contribution in [-0.4, -0.2) is 79.1 Å². The largest absolute Gasteiger partial charge is 0.379 e. The van der Waals surface area contributed by atoms with Crippen LogP contribution >= 0.6 is 0 Å². The van der Waals surface area contributed by atoms with Crippen LogP contribution in [0.25, 0.3) is 5.69 Å². The molecule has 2 heterocycles. The number of nitrogens with one attached hydrogen (secondary N) is 1. The van der Waals surface area contributed by atoms with Gasteiger partial charge in [0.2, 0.25) is 0 Å². The first-order valence-corrected chi connectivity index (χ1v) is 9.46. The highest BCUT2D eigenvalue weighted by atomic mass is 16.5. The molecule has 1 aliphatic rings. The molecule has 1 aromatic carbocycles. The number of ether oxygens (including phenoxy) is 1. The molecule has 7 nitrogen and oxygen atoms in total. The zero-order valence-corrected chi connectivity index (χ0v) is 16.2. The Morgan fingerprint density at radius 3 is 2.93 bits per heavy atom. The lowest BCUT2D eigenvalue weighted by atomic mass is 10.1. The molecule has 1 fully saturated rings. The Morgan fingerprint density at radius 1 is 1.33 bits per heavy atom. The van der Waals surface area contributed by atoms with Crippen LogP contribution in [0.2, 0.25) is 0 Å². The molecule has 146 valence electrons. The van der Waals surface area contributed by atoms with E-state index in [4.69, 9.17) is 4.74 Å². The number of carbonyl (C=O) groups excluding carboxylic acids is 1. The Bertz CT molecular complexity index is 716. The van der Waals surface area contributed by atoms with E-state index < -0.39 is 0 Å². The first-order valence-electron chi connectivity index (χ1n) is 9.46. The fraction of sp³-hybridized carbons (Fsp3) is 0.500. The van der Waals surface area contributed by atoms with E-state index in [1.54, 1.807) is 0 Å². The van der Waals surface area contributed by atoms with Crippen molar-refractivity contribution in [1.82, 2.24) is 24.9 Å². The lowest BCUT2D eigenvalue weighted by molar-refractivity contribution is 0.112. The normalized spacial score (nSPS) is 17.7. The summed E-state index contributed by atoms with van der Waals surface area (Å²) in [5.74, 6) is 0.345. The summed E-state index contributed by atoms with van der Waals surface area (Å²) in [4.78, 5) is 16.5. The predicted octanol–water partition coefficient (Wildman–Crippen LogP) is 1.63. The molecule has 3 rings (SSSR count). The van der Waals surface area contributed by atoms with E-state index in [-0.39, 0.29) is 6.03 Å². The number of nitrogens with zero attached hydrogens (tertiary/aromatic N) is 4. The van der Waals surface area contributed by atoms with Crippen molar-refractivity contribution >= 4 is 6.03 Å². The number of benzene rings is 1. The van der Waals surface area contributed by atoms with Crippen LogP contribution in [0, 0.1) is 5.92 Å². The van der Waals surface area contributed by atoms with Crippen molar-refractivity contribution < 1.29 is 9.53 Å². The van der Waals surface area contributed by atoms with Crippen molar-refractivity contribution in [1.29, 1.82) is 0 Å². The minimum atomic E-state index is -0.0142. The third-order valence-electron chi connectivity index (χ3n) is 4.59. The highest BCUT2D eigenvalue weighted by molar-refractivity contribution is 5.74. The SMILES string of the molecule is CN(C)C[C@H]1COCCN(C(=O)NCCc2cnn(-c3ccccc3)c2)C1. The van der Waals surface area contributed by atoms with Crippen molar-refractivity contribution in [2.45, 2.75) is 6.42 Å². The third kappa shape index (κ3) is 5.80. The van der Waals surface area contributed by atoms with Crippen LogP contribution in [0.3, 0.4) is 0 Å². The Balaban J connectivity index is 1.47. The van der Waals surface area contributed by atoms with E-state index in [1.165, 1.54) is 0 Å². The van der Waals surface area contributed by atoms with Gasteiger partial charge < -0.3 is 19.9 Å². The van der Waals surface area contributed by atoms with Crippen molar-refractivity contribution in [3.05, 3.63) is 48.3 Å². The van der Waals surface area contributed by atoms with Gasteiger partial charge in [-0.2, -0.15) is 5.10 Å². The fourth-order valence-electron chi connectivity index (χ4n) is 3.33. The summed E-state index contributed by atoms with van der Waals surface area (Å²) >= 11 is 0. The maximum absolute atomic E-state index is 12.5. The molecule has 0 saturated carbocycles. The van der Waals surface area contributed by atoms with Gasteiger partial charge in [-0.15, -0.1) is 0 Å². The summed E-state index contributed by atoms with van der Waals surface area (Å²) < 4.78 is 7.50. The zero-order chi connectivity index (χ0) is 19.1. The van der Waals surface area contributed by atoms with Gasteiger partial charge in [0.25, 0.3) is 0 Å². The third-order valence-corrected chi connectivity index (χ3v) is 4.59. The van der Waals surface area contributed by atoms with E-state index in [9.17, 15) is 4.79 Å². The summed E-state index contributed by atoms with van der Waals surface area (Å²) in [6.45, 7) is 4.19. The number of rotatable bonds is 6. The van der Waals surface area contributed by atoms with Crippen LogP contribution in [0.15, 0.2) is 42.7 Å². The van der Waals surface area contributed by atoms with Gasteiger partial charge in [0.15, 0.2) is 0 Å². The summed E-state index contributed by atoms with van der Waals surface area (Å²) in [6.07, 6.45) is 4.62. The van der Waals surface area contributed by atoms with Crippen molar-refractivity contribution in [3.63, 3.8) is 0 Å². The maximum Gasteiger partial charge on any atom is 0.317 e. The van der Waals surface area contributed by atoms with Gasteiger partial charge in [-0.25, -0.2) is 9.48 Å². The van der Waals surface area contributed by atoms with E-state index in [1.807, 2.05) is 66.4 Å². The van der Waals surface area contributed by atoms with Gasteiger partial charge >= 0.3 is 6.03 Å². The summed E-state index contributed by atoms with van der Waals surface area (Å²) in [7, 11) is 4.09. The molecule has 2 amide bonds. The Labute approximate surface area is 160 Å². The predicted molar refractivity (Wildman–Crippen MR) is 105 cm³/mol. The monoisotopic (exact) mass is 371 g/mol. The van der Waals surface area contributed by atoms with Crippen molar-refractivity contribution in [2.75, 3.05) is 53.5 Å². The van der Waals surface area contributed by atoms with Crippen LogP contribution in [-0.2, 0) is 11.2 Å². The summed E-state index contributed by atoms with van der Waals surface area (Å²) in [6, 6.07) is 9.99. The second kappa shape index (κ2) is 9.53.